The summed E-state index contributed by atoms with van der Waals surface area (Å²) >= 11 is 0. The maximum Gasteiger partial charge on any atom is 0.203 e. The molecule has 5 nitrogen and oxygen atoms in total. The largest absolute Gasteiger partial charge is 0.497 e. The van der Waals surface area contributed by atoms with Crippen molar-refractivity contribution in [1.82, 2.24) is 0 Å². The molecule has 0 spiro atoms. The number of aryl methyl sites for hydroxylation is 1. The van der Waals surface area contributed by atoms with Gasteiger partial charge < -0.3 is 24.7 Å². The van der Waals surface area contributed by atoms with Crippen LogP contribution in [-0.2, 0) is 6.42 Å². The minimum absolute atomic E-state index is 0.0463. The van der Waals surface area contributed by atoms with Gasteiger partial charge in [0.15, 0.2) is 11.5 Å². The van der Waals surface area contributed by atoms with Crippen LogP contribution in [0, 0.1) is 0 Å². The maximum absolute atomic E-state index is 6.30. The molecule has 0 heterocycles. The van der Waals surface area contributed by atoms with Gasteiger partial charge in [-0.25, -0.2) is 0 Å². The van der Waals surface area contributed by atoms with Gasteiger partial charge >= 0.3 is 0 Å². The molecule has 2 aromatic carbocycles. The number of rotatable bonds is 8. The van der Waals surface area contributed by atoms with E-state index < -0.39 is 0 Å². The van der Waals surface area contributed by atoms with Crippen molar-refractivity contribution in [2.75, 3.05) is 28.4 Å². The molecule has 0 saturated heterocycles. The smallest absolute Gasteiger partial charge is 0.203 e. The molecule has 0 aliphatic carbocycles. The summed E-state index contributed by atoms with van der Waals surface area (Å²) in [6.45, 7) is 0. The highest BCUT2D eigenvalue weighted by Gasteiger charge is 2.14. The summed E-state index contributed by atoms with van der Waals surface area (Å²) in [5.74, 6) is 2.74. The van der Waals surface area contributed by atoms with Crippen LogP contribution in [0.2, 0.25) is 0 Å². The molecule has 1 atom stereocenters. The molecule has 2 aromatic rings. The zero-order chi connectivity index (χ0) is 17.5. The molecule has 0 aliphatic heterocycles. The highest BCUT2D eigenvalue weighted by atomic mass is 16.5. The predicted octanol–water partition coefficient (Wildman–Crippen LogP) is 3.35. The first-order valence-electron chi connectivity index (χ1n) is 7.81. The summed E-state index contributed by atoms with van der Waals surface area (Å²) in [4.78, 5) is 0. The van der Waals surface area contributed by atoms with Gasteiger partial charge in [-0.15, -0.1) is 0 Å². The van der Waals surface area contributed by atoms with Crippen LogP contribution in [0.25, 0.3) is 0 Å². The Morgan fingerprint density at radius 3 is 1.88 bits per heavy atom. The van der Waals surface area contributed by atoms with Gasteiger partial charge in [0, 0.05) is 6.04 Å². The van der Waals surface area contributed by atoms with E-state index in [4.69, 9.17) is 24.7 Å². The summed E-state index contributed by atoms with van der Waals surface area (Å²) in [7, 11) is 6.48. The second-order valence-electron chi connectivity index (χ2n) is 5.45. The van der Waals surface area contributed by atoms with Crippen LogP contribution in [0.3, 0.4) is 0 Å². The van der Waals surface area contributed by atoms with E-state index >= 15 is 0 Å². The summed E-state index contributed by atoms with van der Waals surface area (Å²) in [5, 5.41) is 0. The van der Waals surface area contributed by atoms with E-state index in [1.165, 1.54) is 0 Å². The van der Waals surface area contributed by atoms with E-state index in [2.05, 4.69) is 0 Å². The molecule has 0 amide bonds. The lowest BCUT2D eigenvalue weighted by Crippen LogP contribution is -2.11. The van der Waals surface area contributed by atoms with Gasteiger partial charge in [-0.1, -0.05) is 12.1 Å². The van der Waals surface area contributed by atoms with Gasteiger partial charge in [-0.2, -0.15) is 0 Å². The molecule has 130 valence electrons. The molecule has 0 fully saturated rings. The van der Waals surface area contributed by atoms with Crippen molar-refractivity contribution in [3.8, 4) is 23.0 Å². The van der Waals surface area contributed by atoms with E-state index in [-0.39, 0.29) is 6.04 Å². The SMILES string of the molecule is COc1ccc(C(N)CCc2cc(OC)c(OC)c(OC)c2)cc1. The normalized spacial score (nSPS) is 11.7. The van der Waals surface area contributed by atoms with E-state index in [0.717, 1.165) is 29.7 Å². The van der Waals surface area contributed by atoms with Gasteiger partial charge in [-0.05, 0) is 48.2 Å². The minimum atomic E-state index is -0.0463. The quantitative estimate of drug-likeness (QED) is 0.803. The molecule has 0 bridgehead atoms. The second kappa shape index (κ2) is 8.45. The fourth-order valence-corrected chi connectivity index (χ4v) is 2.62. The molecule has 0 radical (unpaired) electrons. The Hall–Kier alpha value is -2.40. The lowest BCUT2D eigenvalue weighted by molar-refractivity contribution is 0.323. The average Bonchev–Trinajstić information content (AvgIpc) is 2.65. The Labute approximate surface area is 143 Å². The standard InChI is InChI=1S/C19H25NO4/c1-21-15-8-6-14(7-9-15)16(20)10-5-13-11-17(22-2)19(24-4)18(12-13)23-3/h6-9,11-12,16H,5,10,20H2,1-4H3. The fourth-order valence-electron chi connectivity index (χ4n) is 2.62. The van der Waals surface area contributed by atoms with Gasteiger partial charge in [0.25, 0.3) is 0 Å². The van der Waals surface area contributed by atoms with Crippen molar-refractivity contribution >= 4 is 0 Å². The van der Waals surface area contributed by atoms with Crippen LogP contribution in [0.1, 0.15) is 23.6 Å². The van der Waals surface area contributed by atoms with Gasteiger partial charge in [-0.3, -0.25) is 0 Å². The van der Waals surface area contributed by atoms with Crippen molar-refractivity contribution in [3.63, 3.8) is 0 Å². The van der Waals surface area contributed by atoms with E-state index in [1.54, 1.807) is 28.4 Å². The summed E-state index contributed by atoms with van der Waals surface area (Å²) in [6, 6.07) is 11.7. The van der Waals surface area contributed by atoms with Crippen LogP contribution in [0.15, 0.2) is 36.4 Å². The van der Waals surface area contributed by atoms with Crippen molar-refractivity contribution < 1.29 is 18.9 Å². The van der Waals surface area contributed by atoms with E-state index in [0.29, 0.717) is 17.2 Å². The Morgan fingerprint density at radius 2 is 1.42 bits per heavy atom. The highest BCUT2D eigenvalue weighted by molar-refractivity contribution is 5.53. The van der Waals surface area contributed by atoms with Gasteiger partial charge in [0.2, 0.25) is 5.75 Å². The minimum Gasteiger partial charge on any atom is -0.497 e. The van der Waals surface area contributed by atoms with Crippen molar-refractivity contribution in [2.24, 2.45) is 5.73 Å². The van der Waals surface area contributed by atoms with Gasteiger partial charge in [0.1, 0.15) is 5.75 Å². The zero-order valence-electron chi connectivity index (χ0n) is 14.7. The van der Waals surface area contributed by atoms with Gasteiger partial charge in [0.05, 0.1) is 28.4 Å². The first-order chi connectivity index (χ1) is 11.6. The molecule has 0 aliphatic rings. The fraction of sp³-hybridized carbons (Fsp3) is 0.368. The second-order valence-corrected chi connectivity index (χ2v) is 5.45. The Kier molecular flexibility index (Phi) is 6.32. The van der Waals surface area contributed by atoms with Crippen LogP contribution in [-0.4, -0.2) is 28.4 Å². The number of hydrogen-bond donors (Lipinski definition) is 1. The molecule has 0 saturated carbocycles. The van der Waals surface area contributed by atoms with Crippen molar-refractivity contribution in [2.45, 2.75) is 18.9 Å². The Morgan fingerprint density at radius 1 is 0.833 bits per heavy atom. The molecule has 2 N–H and O–H groups in total. The highest BCUT2D eigenvalue weighted by Crippen LogP contribution is 2.38. The average molecular weight is 331 g/mol. The summed E-state index contributed by atoms with van der Waals surface area (Å²) in [6.07, 6.45) is 1.62. The molecular weight excluding hydrogens is 306 g/mol. The molecule has 1 unspecified atom stereocenters. The van der Waals surface area contributed by atoms with Crippen molar-refractivity contribution in [3.05, 3.63) is 47.5 Å². The van der Waals surface area contributed by atoms with Crippen LogP contribution in [0.4, 0.5) is 0 Å². The van der Waals surface area contributed by atoms with Crippen LogP contribution >= 0.6 is 0 Å². The Bertz CT molecular complexity index is 630. The van der Waals surface area contributed by atoms with E-state index in [1.807, 2.05) is 36.4 Å². The lowest BCUT2D eigenvalue weighted by atomic mass is 9.99. The molecule has 5 heteroatoms. The number of ether oxygens (including phenoxy) is 4. The summed E-state index contributed by atoms with van der Waals surface area (Å²) < 4.78 is 21.3. The lowest BCUT2D eigenvalue weighted by Gasteiger charge is -2.16. The topological polar surface area (TPSA) is 62.9 Å². The van der Waals surface area contributed by atoms with Crippen molar-refractivity contribution in [1.29, 1.82) is 0 Å². The number of methoxy groups -OCH3 is 4. The maximum atomic E-state index is 6.30. The first-order valence-corrected chi connectivity index (χ1v) is 7.81. The third-order valence-corrected chi connectivity index (χ3v) is 4.01. The third kappa shape index (κ3) is 4.11. The molecule has 2 rings (SSSR count). The predicted molar refractivity (Wildman–Crippen MR) is 94.3 cm³/mol. The van der Waals surface area contributed by atoms with E-state index in [9.17, 15) is 0 Å². The third-order valence-electron chi connectivity index (χ3n) is 4.01. The summed E-state index contributed by atoms with van der Waals surface area (Å²) in [5.41, 5.74) is 8.48. The number of nitrogens with two attached hydrogens (primary N) is 1. The monoisotopic (exact) mass is 331 g/mol. The first kappa shape index (κ1) is 17.9. The zero-order valence-corrected chi connectivity index (χ0v) is 14.7. The molecule has 0 aromatic heterocycles. The number of hydrogen-bond acceptors (Lipinski definition) is 5. The number of benzene rings is 2. The van der Waals surface area contributed by atoms with Crippen LogP contribution in [0.5, 0.6) is 23.0 Å². The molecule has 24 heavy (non-hydrogen) atoms. The van der Waals surface area contributed by atoms with Crippen LogP contribution < -0.4 is 24.7 Å². The molecular formula is C19H25NO4. The Balaban J connectivity index is 2.10.